The molecule has 0 radical (unpaired) electrons. The number of hydrogen-bond donors (Lipinski definition) is 1. The van der Waals surface area contributed by atoms with Crippen LogP contribution in [0.1, 0.15) is 13.8 Å². The number of nitrogens with one attached hydrogen (secondary N) is 1. The molecule has 0 aromatic heterocycles. The van der Waals surface area contributed by atoms with E-state index in [9.17, 15) is 8.42 Å². The molecule has 20 heavy (non-hydrogen) atoms. The van der Waals surface area contributed by atoms with Gasteiger partial charge in [-0.15, -0.1) is 0 Å². The first kappa shape index (κ1) is 17.1. The normalized spacial score (nSPS) is 11.9. The van der Waals surface area contributed by atoms with Crippen molar-refractivity contribution in [3.05, 3.63) is 30.3 Å². The molecule has 0 fully saturated rings. The van der Waals surface area contributed by atoms with E-state index >= 15 is 0 Å². The molecule has 0 aliphatic heterocycles. The van der Waals surface area contributed by atoms with Crippen LogP contribution in [0, 0.1) is 0 Å². The summed E-state index contributed by atoms with van der Waals surface area (Å²) in [5.41, 5.74) is 0. The first-order chi connectivity index (χ1) is 9.60. The fourth-order valence-electron chi connectivity index (χ4n) is 1.77. The van der Waals surface area contributed by atoms with Gasteiger partial charge in [-0.2, -0.15) is 0 Å². The first-order valence-electron chi connectivity index (χ1n) is 6.95. The number of rotatable bonds is 10. The summed E-state index contributed by atoms with van der Waals surface area (Å²) in [7, 11) is -3.41. The van der Waals surface area contributed by atoms with Crippen molar-refractivity contribution in [2.24, 2.45) is 0 Å². The quantitative estimate of drug-likeness (QED) is 0.662. The molecule has 0 unspecified atom stereocenters. The van der Waals surface area contributed by atoms with E-state index in [2.05, 4.69) is 23.5 Å². The second kappa shape index (κ2) is 9.07. The number of ether oxygens (including phenoxy) is 1. The van der Waals surface area contributed by atoms with Gasteiger partial charge in [0.1, 0.15) is 0 Å². The Morgan fingerprint density at radius 1 is 1.10 bits per heavy atom. The summed E-state index contributed by atoms with van der Waals surface area (Å²) in [4.78, 5) is 2.54. The number of hydrogen-bond acceptors (Lipinski definition) is 4. The first-order valence-corrected chi connectivity index (χ1v) is 8.43. The fraction of sp³-hybridized carbons (Fsp3) is 0.571. The lowest BCUT2D eigenvalue weighted by molar-refractivity contribution is 0.111. The molecule has 0 aliphatic rings. The van der Waals surface area contributed by atoms with Crippen LogP contribution in [0.25, 0.3) is 0 Å². The Labute approximate surface area is 122 Å². The van der Waals surface area contributed by atoms with Crippen LogP contribution in [-0.4, -0.2) is 52.7 Å². The molecule has 0 heterocycles. The highest BCUT2D eigenvalue weighted by atomic mass is 32.2. The maximum absolute atomic E-state index is 11.9. The maximum atomic E-state index is 11.9. The Bertz CT molecular complexity index is 459. The molecule has 0 bridgehead atoms. The monoisotopic (exact) mass is 300 g/mol. The summed E-state index contributed by atoms with van der Waals surface area (Å²) in [5, 5.41) is 0. The van der Waals surface area contributed by atoms with Gasteiger partial charge < -0.3 is 9.64 Å². The summed E-state index contributed by atoms with van der Waals surface area (Å²) in [6, 6.07) is 8.34. The van der Waals surface area contributed by atoms with Crippen molar-refractivity contribution in [3.8, 4) is 0 Å². The van der Waals surface area contributed by atoms with E-state index in [4.69, 9.17) is 4.74 Å². The minimum Gasteiger partial charge on any atom is -0.379 e. The molecule has 0 atom stereocenters. The zero-order valence-corrected chi connectivity index (χ0v) is 13.0. The maximum Gasteiger partial charge on any atom is 0.240 e. The van der Waals surface area contributed by atoms with Gasteiger partial charge in [-0.05, 0) is 25.2 Å². The van der Waals surface area contributed by atoms with Crippen molar-refractivity contribution < 1.29 is 13.2 Å². The second-order valence-electron chi connectivity index (χ2n) is 4.35. The highest BCUT2D eigenvalue weighted by Gasteiger charge is 2.11. The van der Waals surface area contributed by atoms with Crippen LogP contribution in [0.15, 0.2) is 35.2 Å². The van der Waals surface area contributed by atoms with Crippen molar-refractivity contribution in [2.75, 3.05) is 39.4 Å². The highest BCUT2D eigenvalue weighted by molar-refractivity contribution is 7.89. The van der Waals surface area contributed by atoms with Crippen LogP contribution >= 0.6 is 0 Å². The minimum absolute atomic E-state index is 0.281. The van der Waals surface area contributed by atoms with Crippen molar-refractivity contribution in [3.63, 3.8) is 0 Å². The Morgan fingerprint density at radius 3 is 2.35 bits per heavy atom. The average molecular weight is 300 g/mol. The molecule has 1 aromatic rings. The van der Waals surface area contributed by atoms with E-state index in [1.807, 2.05) is 0 Å². The molecule has 5 nitrogen and oxygen atoms in total. The molecule has 0 spiro atoms. The smallest absolute Gasteiger partial charge is 0.240 e. The fourth-order valence-corrected chi connectivity index (χ4v) is 2.80. The number of nitrogens with zero attached hydrogens (tertiary/aromatic N) is 1. The number of sulfonamides is 1. The summed E-state index contributed by atoms with van der Waals surface area (Å²) < 4.78 is 31.7. The van der Waals surface area contributed by atoms with Crippen molar-refractivity contribution >= 4 is 10.0 Å². The third-order valence-corrected chi connectivity index (χ3v) is 4.52. The third kappa shape index (κ3) is 6.00. The predicted molar refractivity (Wildman–Crippen MR) is 80.2 cm³/mol. The van der Waals surface area contributed by atoms with Crippen LogP contribution in [0.4, 0.5) is 0 Å². The van der Waals surface area contributed by atoms with Crippen molar-refractivity contribution in [2.45, 2.75) is 18.7 Å². The van der Waals surface area contributed by atoms with E-state index in [1.54, 1.807) is 30.3 Å². The van der Waals surface area contributed by atoms with Gasteiger partial charge in [-0.25, -0.2) is 13.1 Å². The van der Waals surface area contributed by atoms with E-state index < -0.39 is 10.0 Å². The lowest BCUT2D eigenvalue weighted by Crippen LogP contribution is -2.30. The number of benzene rings is 1. The average Bonchev–Trinajstić information content (AvgIpc) is 2.47. The van der Waals surface area contributed by atoms with Gasteiger partial charge in [0.15, 0.2) is 0 Å². The SMILES string of the molecule is CCN(CC)CCOCCNS(=O)(=O)c1ccccc1. The molecule has 1 N–H and O–H groups in total. The summed E-state index contributed by atoms with van der Waals surface area (Å²) in [5.74, 6) is 0. The lowest BCUT2D eigenvalue weighted by atomic mass is 10.4. The highest BCUT2D eigenvalue weighted by Crippen LogP contribution is 2.06. The van der Waals surface area contributed by atoms with Gasteiger partial charge >= 0.3 is 0 Å². The molecule has 0 saturated carbocycles. The van der Waals surface area contributed by atoms with Gasteiger partial charge in [0.2, 0.25) is 10.0 Å². The van der Waals surface area contributed by atoms with Crippen LogP contribution < -0.4 is 4.72 Å². The van der Waals surface area contributed by atoms with E-state index in [-0.39, 0.29) is 11.4 Å². The summed E-state index contributed by atoms with van der Waals surface area (Å²) in [6.45, 7) is 8.38. The van der Waals surface area contributed by atoms with Crippen LogP contribution in [0.3, 0.4) is 0 Å². The molecular formula is C14H24N2O3S. The van der Waals surface area contributed by atoms with Crippen molar-refractivity contribution in [1.29, 1.82) is 0 Å². The molecule has 0 amide bonds. The predicted octanol–water partition coefficient (Wildman–Crippen LogP) is 1.32. The Kier molecular flexibility index (Phi) is 7.76. The zero-order chi connectivity index (χ0) is 14.8. The molecule has 0 aliphatic carbocycles. The minimum atomic E-state index is -3.41. The van der Waals surface area contributed by atoms with Gasteiger partial charge in [0.25, 0.3) is 0 Å². The molecular weight excluding hydrogens is 276 g/mol. The van der Waals surface area contributed by atoms with E-state index in [0.29, 0.717) is 13.2 Å². The summed E-state index contributed by atoms with van der Waals surface area (Å²) >= 11 is 0. The largest absolute Gasteiger partial charge is 0.379 e. The Balaban J connectivity index is 2.21. The van der Waals surface area contributed by atoms with E-state index in [1.165, 1.54) is 0 Å². The van der Waals surface area contributed by atoms with Gasteiger partial charge in [0.05, 0.1) is 18.1 Å². The van der Waals surface area contributed by atoms with Crippen LogP contribution in [0.2, 0.25) is 0 Å². The molecule has 114 valence electrons. The van der Waals surface area contributed by atoms with Crippen LogP contribution in [0.5, 0.6) is 0 Å². The van der Waals surface area contributed by atoms with E-state index in [0.717, 1.165) is 19.6 Å². The Hall–Kier alpha value is -0.950. The standard InChI is InChI=1S/C14H24N2O3S/c1-3-16(4-2)11-13-19-12-10-15-20(17,18)14-8-6-5-7-9-14/h5-9,15H,3-4,10-13H2,1-2H3. The Morgan fingerprint density at radius 2 is 1.75 bits per heavy atom. The van der Waals surface area contributed by atoms with Crippen molar-refractivity contribution in [1.82, 2.24) is 9.62 Å². The summed E-state index contributed by atoms with van der Waals surface area (Å²) in [6.07, 6.45) is 0. The lowest BCUT2D eigenvalue weighted by Gasteiger charge is -2.17. The zero-order valence-electron chi connectivity index (χ0n) is 12.2. The van der Waals surface area contributed by atoms with Crippen LogP contribution in [-0.2, 0) is 14.8 Å². The third-order valence-electron chi connectivity index (χ3n) is 3.04. The second-order valence-corrected chi connectivity index (χ2v) is 6.12. The van der Waals surface area contributed by atoms with Gasteiger partial charge in [0, 0.05) is 13.1 Å². The van der Waals surface area contributed by atoms with Gasteiger partial charge in [-0.3, -0.25) is 0 Å². The van der Waals surface area contributed by atoms with Gasteiger partial charge in [-0.1, -0.05) is 32.0 Å². The molecule has 0 saturated heterocycles. The number of likely N-dealkylation sites (N-methyl/N-ethyl adjacent to an activating group) is 1. The topological polar surface area (TPSA) is 58.6 Å². The molecule has 1 rings (SSSR count). The molecule has 1 aromatic carbocycles. The molecule has 6 heteroatoms.